The Labute approximate surface area is 124 Å². The van der Waals surface area contributed by atoms with Crippen LogP contribution >= 0.6 is 15.9 Å². The standard InChI is InChI=1S/C15H13BrF2O2/c1-19-13-4-3-9(7-14(13)20-2)15(16)10-5-11(17)8-12(18)6-10/h3-8,15H,1-2H3. The van der Waals surface area contributed by atoms with Crippen molar-refractivity contribution in [1.82, 2.24) is 0 Å². The Morgan fingerprint density at radius 2 is 1.45 bits per heavy atom. The van der Waals surface area contributed by atoms with Gasteiger partial charge in [0.25, 0.3) is 0 Å². The van der Waals surface area contributed by atoms with Crippen LogP contribution in [0.2, 0.25) is 0 Å². The minimum absolute atomic E-state index is 0.340. The summed E-state index contributed by atoms with van der Waals surface area (Å²) in [5.41, 5.74) is 1.31. The zero-order chi connectivity index (χ0) is 14.7. The largest absolute Gasteiger partial charge is 0.493 e. The van der Waals surface area contributed by atoms with Gasteiger partial charge in [0, 0.05) is 6.07 Å². The molecule has 20 heavy (non-hydrogen) atoms. The molecular weight excluding hydrogens is 330 g/mol. The average molecular weight is 343 g/mol. The SMILES string of the molecule is COc1ccc(C(Br)c2cc(F)cc(F)c2)cc1OC. The second kappa shape index (κ2) is 6.22. The maximum absolute atomic E-state index is 13.3. The summed E-state index contributed by atoms with van der Waals surface area (Å²) in [4.78, 5) is -0.340. The zero-order valence-corrected chi connectivity index (χ0v) is 12.6. The van der Waals surface area contributed by atoms with Crippen LogP contribution in [0.1, 0.15) is 16.0 Å². The topological polar surface area (TPSA) is 18.5 Å². The Balaban J connectivity index is 2.39. The average Bonchev–Trinajstić information content (AvgIpc) is 2.44. The molecule has 2 aromatic carbocycles. The van der Waals surface area contributed by atoms with Crippen molar-refractivity contribution in [2.45, 2.75) is 4.83 Å². The van der Waals surface area contributed by atoms with Crippen molar-refractivity contribution in [3.05, 3.63) is 59.2 Å². The second-order valence-corrected chi connectivity index (χ2v) is 5.10. The van der Waals surface area contributed by atoms with E-state index in [1.54, 1.807) is 19.2 Å². The molecular formula is C15H13BrF2O2. The van der Waals surface area contributed by atoms with Gasteiger partial charge in [0.1, 0.15) is 11.6 Å². The van der Waals surface area contributed by atoms with Gasteiger partial charge >= 0.3 is 0 Å². The minimum Gasteiger partial charge on any atom is -0.493 e. The highest BCUT2D eigenvalue weighted by atomic mass is 79.9. The van der Waals surface area contributed by atoms with E-state index >= 15 is 0 Å². The first-order valence-electron chi connectivity index (χ1n) is 5.87. The molecule has 2 nitrogen and oxygen atoms in total. The van der Waals surface area contributed by atoms with Gasteiger partial charge in [-0.25, -0.2) is 8.78 Å². The quantitative estimate of drug-likeness (QED) is 0.763. The van der Waals surface area contributed by atoms with Gasteiger partial charge in [-0.15, -0.1) is 0 Å². The first kappa shape index (κ1) is 14.8. The van der Waals surface area contributed by atoms with Crippen LogP contribution < -0.4 is 9.47 Å². The third-order valence-electron chi connectivity index (χ3n) is 2.88. The van der Waals surface area contributed by atoms with Crippen LogP contribution in [0.3, 0.4) is 0 Å². The molecule has 0 heterocycles. The van der Waals surface area contributed by atoms with Gasteiger partial charge in [-0.1, -0.05) is 22.0 Å². The number of hydrogen-bond acceptors (Lipinski definition) is 2. The van der Waals surface area contributed by atoms with E-state index in [9.17, 15) is 8.78 Å². The number of methoxy groups -OCH3 is 2. The number of halogens is 3. The summed E-state index contributed by atoms with van der Waals surface area (Å²) in [6, 6.07) is 8.75. The highest BCUT2D eigenvalue weighted by Gasteiger charge is 2.15. The van der Waals surface area contributed by atoms with Crippen LogP contribution in [0.4, 0.5) is 8.78 Å². The maximum Gasteiger partial charge on any atom is 0.161 e. The third-order valence-corrected chi connectivity index (χ3v) is 3.94. The molecule has 0 spiro atoms. The van der Waals surface area contributed by atoms with Crippen LogP contribution in [0.25, 0.3) is 0 Å². The van der Waals surface area contributed by atoms with Crippen molar-refractivity contribution >= 4 is 15.9 Å². The van der Waals surface area contributed by atoms with Crippen LogP contribution in [0.15, 0.2) is 36.4 Å². The van der Waals surface area contributed by atoms with E-state index in [1.807, 2.05) is 6.07 Å². The van der Waals surface area contributed by atoms with Crippen LogP contribution in [-0.4, -0.2) is 14.2 Å². The molecule has 0 bridgehead atoms. The summed E-state index contributed by atoms with van der Waals surface area (Å²) in [5, 5.41) is 0. The third kappa shape index (κ3) is 3.10. The van der Waals surface area contributed by atoms with Gasteiger partial charge in [0.15, 0.2) is 11.5 Å². The molecule has 5 heteroatoms. The predicted molar refractivity (Wildman–Crippen MR) is 76.7 cm³/mol. The number of benzene rings is 2. The van der Waals surface area contributed by atoms with Gasteiger partial charge in [0.05, 0.1) is 19.0 Å². The molecule has 106 valence electrons. The molecule has 0 fully saturated rings. The fourth-order valence-electron chi connectivity index (χ4n) is 1.92. The molecule has 0 saturated heterocycles. The van der Waals surface area contributed by atoms with E-state index in [4.69, 9.17) is 9.47 Å². The smallest absolute Gasteiger partial charge is 0.161 e. The molecule has 2 aromatic rings. The fraction of sp³-hybridized carbons (Fsp3) is 0.200. The van der Waals surface area contributed by atoms with E-state index < -0.39 is 11.6 Å². The number of hydrogen-bond donors (Lipinski definition) is 0. The molecule has 1 unspecified atom stereocenters. The molecule has 0 amide bonds. The van der Waals surface area contributed by atoms with Crippen LogP contribution in [0, 0.1) is 11.6 Å². The first-order valence-corrected chi connectivity index (χ1v) is 6.78. The van der Waals surface area contributed by atoms with Crippen molar-refractivity contribution < 1.29 is 18.3 Å². The molecule has 2 rings (SSSR count). The first-order chi connectivity index (χ1) is 9.55. The molecule has 0 N–H and O–H groups in total. The van der Waals surface area contributed by atoms with Gasteiger partial charge in [-0.2, -0.15) is 0 Å². The van der Waals surface area contributed by atoms with E-state index in [2.05, 4.69) is 15.9 Å². The summed E-state index contributed by atoms with van der Waals surface area (Å²) < 4.78 is 36.9. The Morgan fingerprint density at radius 1 is 0.850 bits per heavy atom. The van der Waals surface area contributed by atoms with E-state index in [0.29, 0.717) is 17.1 Å². The lowest BCUT2D eigenvalue weighted by molar-refractivity contribution is 0.354. The summed E-state index contributed by atoms with van der Waals surface area (Å²) in [5.74, 6) is -0.0532. The van der Waals surface area contributed by atoms with Crippen molar-refractivity contribution in [2.75, 3.05) is 14.2 Å². The summed E-state index contributed by atoms with van der Waals surface area (Å²) in [7, 11) is 3.08. The van der Waals surface area contributed by atoms with E-state index in [0.717, 1.165) is 11.6 Å². The fourth-order valence-corrected chi connectivity index (χ4v) is 2.47. The molecule has 0 aromatic heterocycles. The molecule has 0 radical (unpaired) electrons. The molecule has 0 aliphatic heterocycles. The Kier molecular flexibility index (Phi) is 4.60. The zero-order valence-electron chi connectivity index (χ0n) is 11.0. The number of alkyl halides is 1. The minimum atomic E-state index is -0.607. The van der Waals surface area contributed by atoms with E-state index in [1.165, 1.54) is 19.2 Å². The Bertz CT molecular complexity index is 597. The molecule has 0 saturated carbocycles. The molecule has 1 atom stereocenters. The van der Waals surface area contributed by atoms with Crippen molar-refractivity contribution in [3.8, 4) is 11.5 Å². The van der Waals surface area contributed by atoms with Crippen LogP contribution in [-0.2, 0) is 0 Å². The summed E-state index contributed by atoms with van der Waals surface area (Å²) in [6.45, 7) is 0. The van der Waals surface area contributed by atoms with Crippen molar-refractivity contribution in [3.63, 3.8) is 0 Å². The number of rotatable bonds is 4. The lowest BCUT2D eigenvalue weighted by Gasteiger charge is -2.14. The molecule has 0 aliphatic rings. The predicted octanol–water partition coefficient (Wildman–Crippen LogP) is 4.47. The monoisotopic (exact) mass is 342 g/mol. The van der Waals surface area contributed by atoms with Gasteiger partial charge < -0.3 is 9.47 Å². The van der Waals surface area contributed by atoms with Gasteiger partial charge in [0.2, 0.25) is 0 Å². The van der Waals surface area contributed by atoms with Crippen LogP contribution in [0.5, 0.6) is 11.5 Å². The lowest BCUT2D eigenvalue weighted by atomic mass is 10.0. The highest BCUT2D eigenvalue weighted by Crippen LogP contribution is 2.36. The summed E-state index contributed by atoms with van der Waals surface area (Å²) >= 11 is 3.44. The molecule has 0 aliphatic carbocycles. The highest BCUT2D eigenvalue weighted by molar-refractivity contribution is 9.09. The van der Waals surface area contributed by atoms with Crippen molar-refractivity contribution in [1.29, 1.82) is 0 Å². The lowest BCUT2D eigenvalue weighted by Crippen LogP contribution is -1.97. The normalized spacial score (nSPS) is 12.1. The van der Waals surface area contributed by atoms with Gasteiger partial charge in [-0.3, -0.25) is 0 Å². The Hall–Kier alpha value is -1.62. The van der Waals surface area contributed by atoms with E-state index in [-0.39, 0.29) is 4.83 Å². The number of ether oxygens (including phenoxy) is 2. The van der Waals surface area contributed by atoms with Gasteiger partial charge in [-0.05, 0) is 35.4 Å². The maximum atomic E-state index is 13.3. The second-order valence-electron chi connectivity index (χ2n) is 4.18. The summed E-state index contributed by atoms with van der Waals surface area (Å²) in [6.07, 6.45) is 0. The Morgan fingerprint density at radius 3 is 2.00 bits per heavy atom. The van der Waals surface area contributed by atoms with Crippen molar-refractivity contribution in [2.24, 2.45) is 0 Å².